The Labute approximate surface area is 257 Å². The van der Waals surface area contributed by atoms with Crippen molar-refractivity contribution in [3.63, 3.8) is 0 Å². The van der Waals surface area contributed by atoms with E-state index in [-0.39, 0.29) is 29.6 Å². The molecule has 4 rings (SSSR count). The average Bonchev–Trinajstić information content (AvgIpc) is 2.95. The van der Waals surface area contributed by atoms with E-state index in [2.05, 4.69) is 78.1 Å². The molecule has 0 aliphatic carbocycles. The number of hydrogen-bond acceptors (Lipinski definition) is 7. The van der Waals surface area contributed by atoms with Crippen LogP contribution in [-0.2, 0) is 33.3 Å². The summed E-state index contributed by atoms with van der Waals surface area (Å²) in [5.74, 6) is 0. The molecule has 4 heterocycles. The molecule has 4 aromatic rings. The Balaban J connectivity index is -0.000000591. The molecule has 0 amide bonds. The normalized spacial score (nSPS) is 9.05. The molecule has 40 heavy (non-hydrogen) atoms. The summed E-state index contributed by atoms with van der Waals surface area (Å²) in [6, 6.07) is 15.7. The fourth-order valence-corrected chi connectivity index (χ4v) is 3.74. The summed E-state index contributed by atoms with van der Waals surface area (Å²) in [6.45, 7) is 0.911. The van der Waals surface area contributed by atoms with Gasteiger partial charge in [0.1, 0.15) is 0 Å². The van der Waals surface area contributed by atoms with E-state index in [1.54, 1.807) is 12.4 Å². The van der Waals surface area contributed by atoms with Crippen molar-refractivity contribution >= 4 is 31.9 Å². The molecule has 196 valence electrons. The first-order valence-electron chi connectivity index (χ1n) is 10.6. The maximum Gasteiger partial charge on any atom is 1.00 e. The van der Waals surface area contributed by atoms with E-state index < -0.39 is 0 Å². The zero-order valence-electron chi connectivity index (χ0n) is 22.8. The Bertz CT molecular complexity index is 1120. The molecule has 0 atom stereocenters. The Kier molecular flexibility index (Phi) is 22.4. The zero-order chi connectivity index (χ0) is 26.2. The Hall–Kier alpha value is -4.56. The second kappa shape index (κ2) is 22.4. The van der Waals surface area contributed by atoms with Gasteiger partial charge < -0.3 is 21.7 Å². The van der Waals surface area contributed by atoms with Crippen LogP contribution in [0.2, 0.25) is 0 Å². The number of nitrogens with zero attached hydrogens (tertiary/aromatic N) is 4. The summed E-state index contributed by atoms with van der Waals surface area (Å²) >= 11 is 6.87. The number of halogens is 2. The van der Waals surface area contributed by atoms with Crippen molar-refractivity contribution < 1.29 is 44.1 Å². The molecule has 0 spiro atoms. The van der Waals surface area contributed by atoms with Gasteiger partial charge in [0.2, 0.25) is 0 Å². The summed E-state index contributed by atoms with van der Waals surface area (Å²) in [6.07, 6.45) is 7.09. The fraction of sp³-hybridized carbons (Fsp3) is 0.148. The first kappa shape index (κ1) is 39.9. The van der Waals surface area contributed by atoms with Crippen LogP contribution in [-0.4, -0.2) is 19.9 Å². The molecular weight excluding hydrogens is 1410 g/mol. The molecule has 0 N–H and O–H groups in total. The molecular formula is C27H26Br2N4NaO3Rf3-3. The quantitative estimate of drug-likeness (QED) is 0.153. The van der Waals surface area contributed by atoms with Crippen LogP contribution in [0, 0.1) is 21.3 Å². The van der Waals surface area contributed by atoms with Gasteiger partial charge in [-0.1, -0.05) is 31.9 Å². The Morgan fingerprint density at radius 3 is 1.05 bits per heavy atom. The summed E-state index contributed by atoms with van der Waals surface area (Å²) in [4.78, 5) is 17.3. The monoisotopic (exact) mass is 1440 g/mol. The van der Waals surface area contributed by atoms with E-state index in [0.717, 1.165) is 44.6 Å². The molecule has 0 saturated heterocycles. The van der Waals surface area contributed by atoms with Gasteiger partial charge in [-0.3, -0.25) is 19.9 Å². The minimum Gasteiger partial charge on any atom is -1.03 e. The molecule has 0 unspecified atom stereocenters. The second-order valence-corrected chi connectivity index (χ2v) is 8.28. The van der Waals surface area contributed by atoms with Gasteiger partial charge >= 0.3 is 29.6 Å². The minimum absolute atomic E-state index is 0. The van der Waals surface area contributed by atoms with E-state index in [4.69, 9.17) is 14.6 Å². The maximum absolute atomic E-state index is 8.00. The van der Waals surface area contributed by atoms with E-state index >= 15 is 0 Å². The van der Waals surface area contributed by atoms with Crippen LogP contribution in [0.1, 0.15) is 22.3 Å². The molecule has 0 bridgehead atoms. The van der Waals surface area contributed by atoms with Gasteiger partial charge in [0.05, 0.1) is 22.8 Å². The van der Waals surface area contributed by atoms with Crippen molar-refractivity contribution in [2.75, 3.05) is 0 Å². The average molecular weight is 1440 g/mol. The molecule has 0 saturated carbocycles. The number of aromatic nitrogens is 4. The summed E-state index contributed by atoms with van der Waals surface area (Å²) in [7, 11) is 8.72. The standard InChI is InChI=1S/C14H14N2O2.C12H10Br2N2.CH2O.Na.3Rf/c1-17-9-11-3-5-15-13(7-11)14-8-12(10-18-2)4-6-16-14;13-7-9-1-3-15-11(5-9)12-6-10(8-14)2-4-16-12;1-2;;;;/h3-8H,1-2,9-10H2;1-6H,7-8H2;1H2;;;;/q-2;;-2;+1;;;. The number of pyridine rings is 4. The van der Waals surface area contributed by atoms with Gasteiger partial charge in [-0.2, -0.15) is 0 Å². The van der Waals surface area contributed by atoms with Crippen molar-refractivity contribution in [1.82, 2.24) is 19.9 Å². The van der Waals surface area contributed by atoms with Gasteiger partial charge in [-0.05, 0) is 70.8 Å². The topological polar surface area (TPSA) is 93.1 Å². The largest absolute Gasteiger partial charge is 1.03 e. The van der Waals surface area contributed by atoms with Crippen molar-refractivity contribution in [1.29, 1.82) is 0 Å². The summed E-state index contributed by atoms with van der Waals surface area (Å²) < 4.78 is 9.71. The fourth-order valence-electron chi connectivity index (χ4n) is 3.04. The van der Waals surface area contributed by atoms with E-state index in [1.165, 1.54) is 11.1 Å². The van der Waals surface area contributed by atoms with E-state index in [1.807, 2.05) is 55.9 Å². The van der Waals surface area contributed by atoms with E-state index in [0.29, 0.717) is 13.2 Å². The maximum atomic E-state index is 8.00. The third kappa shape index (κ3) is 12.3. The van der Waals surface area contributed by atoms with Gasteiger partial charge in [0.25, 0.3) is 0 Å². The Morgan fingerprint density at radius 2 is 0.800 bits per heavy atom. The number of alkyl halides is 2. The molecule has 13 heteroatoms. The predicted octanol–water partition coefficient (Wildman–Crippen LogP) is 2.84. The van der Waals surface area contributed by atoms with Crippen LogP contribution in [0.25, 0.3) is 22.8 Å². The third-order valence-electron chi connectivity index (χ3n) is 4.67. The van der Waals surface area contributed by atoms with Crippen LogP contribution in [0.5, 0.6) is 0 Å². The Morgan fingerprint density at radius 1 is 0.550 bits per heavy atom. The number of rotatable bonds is 8. The van der Waals surface area contributed by atoms with Gasteiger partial charge in [-0.15, -0.1) is 0 Å². The smallest absolute Gasteiger partial charge is 1.00 e. The second-order valence-electron chi connectivity index (χ2n) is 7.16. The number of ether oxygens (including phenoxy) is 2. The molecule has 0 aliphatic heterocycles. The van der Waals surface area contributed by atoms with Gasteiger partial charge in [0.15, 0.2) is 0 Å². The van der Waals surface area contributed by atoms with Crippen LogP contribution in [0.3, 0.4) is 0 Å². The molecule has 7 nitrogen and oxygen atoms in total. The molecule has 4 aromatic heterocycles. The van der Waals surface area contributed by atoms with Crippen LogP contribution in [0.4, 0.5) is 0 Å². The third-order valence-corrected chi connectivity index (χ3v) is 5.96. The van der Waals surface area contributed by atoms with Crippen LogP contribution < -0.4 is 34.7 Å². The minimum atomic E-state index is 0. The van der Waals surface area contributed by atoms with Crippen molar-refractivity contribution in [2.24, 2.45) is 0 Å². The first-order valence-corrected chi connectivity index (χ1v) is 12.9. The molecule has 0 fully saturated rings. The van der Waals surface area contributed by atoms with Gasteiger partial charge in [-0.25, -0.2) is 14.2 Å². The van der Waals surface area contributed by atoms with Crippen molar-refractivity contribution in [3.05, 3.63) is 117 Å². The van der Waals surface area contributed by atoms with Crippen LogP contribution in [0.15, 0.2) is 73.3 Å². The summed E-state index contributed by atoms with van der Waals surface area (Å²) in [5, 5.41) is 9.67. The van der Waals surface area contributed by atoms with Crippen molar-refractivity contribution in [3.8, 4) is 22.8 Å². The molecule has 0 aliphatic rings. The predicted molar refractivity (Wildman–Crippen MR) is 146 cm³/mol. The van der Waals surface area contributed by atoms with Crippen molar-refractivity contribution in [2.45, 2.75) is 23.9 Å². The zero-order valence-corrected chi connectivity index (χ0v) is 47.1. The van der Waals surface area contributed by atoms with Crippen LogP contribution >= 0.6 is 31.9 Å². The number of hydrogen-bond donors (Lipinski definition) is 0. The molecule has 0 radical (unpaired) electrons. The first-order chi connectivity index (χ1) is 17.7. The summed E-state index contributed by atoms with van der Waals surface area (Å²) in [5.41, 5.74) is 7.86. The SMILES string of the molecule is BrCc1ccnc(-c2cc(CBr)ccn2)c1.[CH2-]OCc1ccnc(-c2cc(CO[CH2-])ccn2)c1.[CH2-][O-].[Na+].[Rf].[Rf].[Rf]. The van der Waals surface area contributed by atoms with E-state index in [9.17, 15) is 0 Å². The van der Waals surface area contributed by atoms with Gasteiger partial charge in [0, 0.05) is 48.7 Å². The molecule has 0 aromatic carbocycles.